The van der Waals surface area contributed by atoms with Gasteiger partial charge in [-0.1, -0.05) is 13.8 Å². The van der Waals surface area contributed by atoms with E-state index in [1.165, 1.54) is 58.3 Å². The number of piperidine rings is 2. The number of nitrogens with one attached hydrogen (secondary N) is 1. The van der Waals surface area contributed by atoms with Crippen molar-refractivity contribution in [3.8, 4) is 0 Å². The Labute approximate surface area is 107 Å². The monoisotopic (exact) mass is 238 g/mol. The van der Waals surface area contributed by atoms with Gasteiger partial charge in [0.1, 0.15) is 0 Å². The van der Waals surface area contributed by atoms with E-state index < -0.39 is 0 Å². The first-order valence-corrected chi connectivity index (χ1v) is 7.62. The molecule has 0 saturated carbocycles. The van der Waals surface area contributed by atoms with Gasteiger partial charge in [0.25, 0.3) is 0 Å². The van der Waals surface area contributed by atoms with Crippen LogP contribution in [0, 0.1) is 11.3 Å². The van der Waals surface area contributed by atoms with E-state index in [1.807, 2.05) is 0 Å². The van der Waals surface area contributed by atoms with Crippen LogP contribution in [0.2, 0.25) is 0 Å². The highest BCUT2D eigenvalue weighted by molar-refractivity contribution is 4.90. The molecule has 2 aliphatic rings. The minimum atomic E-state index is 0.559. The molecule has 0 spiro atoms. The van der Waals surface area contributed by atoms with Gasteiger partial charge in [-0.05, 0) is 63.5 Å². The van der Waals surface area contributed by atoms with Gasteiger partial charge in [0, 0.05) is 19.1 Å². The average molecular weight is 238 g/mol. The number of likely N-dealkylation sites (tertiary alicyclic amines) is 1. The Bertz CT molecular complexity index is 233. The third-order valence-electron chi connectivity index (χ3n) is 5.35. The van der Waals surface area contributed by atoms with Crippen molar-refractivity contribution in [2.75, 3.05) is 26.2 Å². The highest BCUT2D eigenvalue weighted by Crippen LogP contribution is 2.34. The van der Waals surface area contributed by atoms with Crippen LogP contribution in [0.3, 0.4) is 0 Å². The third kappa shape index (κ3) is 3.03. The van der Waals surface area contributed by atoms with Crippen LogP contribution in [0.1, 0.15) is 52.9 Å². The molecule has 0 bridgehead atoms. The maximum absolute atomic E-state index is 3.62. The molecule has 17 heavy (non-hydrogen) atoms. The first kappa shape index (κ1) is 13.4. The highest BCUT2D eigenvalue weighted by atomic mass is 15.2. The van der Waals surface area contributed by atoms with E-state index in [2.05, 4.69) is 31.0 Å². The van der Waals surface area contributed by atoms with Gasteiger partial charge in [0.05, 0.1) is 0 Å². The predicted octanol–water partition coefficient (Wildman–Crippen LogP) is 2.89. The molecule has 0 aromatic carbocycles. The summed E-state index contributed by atoms with van der Waals surface area (Å²) >= 11 is 0. The molecule has 0 radical (unpaired) electrons. The summed E-state index contributed by atoms with van der Waals surface area (Å²) in [4.78, 5) is 2.77. The predicted molar refractivity (Wildman–Crippen MR) is 74.3 cm³/mol. The number of hydrogen-bond donors (Lipinski definition) is 1. The Balaban J connectivity index is 1.97. The van der Waals surface area contributed by atoms with Crippen molar-refractivity contribution >= 4 is 0 Å². The van der Waals surface area contributed by atoms with Crippen molar-refractivity contribution in [3.05, 3.63) is 0 Å². The lowest BCUT2D eigenvalue weighted by atomic mass is 9.76. The van der Waals surface area contributed by atoms with Crippen LogP contribution in [0.5, 0.6) is 0 Å². The van der Waals surface area contributed by atoms with Crippen LogP contribution in [0.15, 0.2) is 0 Å². The number of hydrogen-bond acceptors (Lipinski definition) is 2. The van der Waals surface area contributed by atoms with Crippen LogP contribution in [-0.2, 0) is 0 Å². The first-order valence-electron chi connectivity index (χ1n) is 7.62. The molecule has 0 aromatic heterocycles. The van der Waals surface area contributed by atoms with Crippen molar-refractivity contribution < 1.29 is 0 Å². The minimum absolute atomic E-state index is 0.559. The van der Waals surface area contributed by atoms with Crippen molar-refractivity contribution in [2.24, 2.45) is 11.3 Å². The molecule has 2 heteroatoms. The Morgan fingerprint density at radius 1 is 1.29 bits per heavy atom. The quantitative estimate of drug-likeness (QED) is 0.813. The molecular weight excluding hydrogens is 208 g/mol. The number of nitrogens with zero attached hydrogens (tertiary/aromatic N) is 1. The standard InChI is InChI=1S/C15H30N2/c1-4-15(8-6-9-16-11-15)12-17-10-5-7-13(2)14(17)3/h13-14,16H,4-12H2,1-3H3. The van der Waals surface area contributed by atoms with Crippen LogP contribution < -0.4 is 5.32 Å². The zero-order valence-corrected chi connectivity index (χ0v) is 12.0. The Morgan fingerprint density at radius 3 is 2.76 bits per heavy atom. The smallest absolute Gasteiger partial charge is 0.00928 e. The maximum Gasteiger partial charge on any atom is 0.00928 e. The van der Waals surface area contributed by atoms with Gasteiger partial charge in [-0.25, -0.2) is 0 Å². The van der Waals surface area contributed by atoms with E-state index in [1.54, 1.807) is 0 Å². The van der Waals surface area contributed by atoms with Crippen LogP contribution in [0.25, 0.3) is 0 Å². The molecule has 3 unspecified atom stereocenters. The molecule has 100 valence electrons. The second kappa shape index (κ2) is 5.71. The van der Waals surface area contributed by atoms with Gasteiger partial charge < -0.3 is 5.32 Å². The molecule has 2 aliphatic heterocycles. The fourth-order valence-electron chi connectivity index (χ4n) is 3.65. The van der Waals surface area contributed by atoms with Gasteiger partial charge in [0.2, 0.25) is 0 Å². The Hall–Kier alpha value is -0.0800. The molecule has 2 saturated heterocycles. The van der Waals surface area contributed by atoms with Gasteiger partial charge in [-0.3, -0.25) is 4.90 Å². The van der Waals surface area contributed by atoms with Gasteiger partial charge in [-0.15, -0.1) is 0 Å². The van der Waals surface area contributed by atoms with Crippen LogP contribution in [-0.4, -0.2) is 37.1 Å². The number of rotatable bonds is 3. The summed E-state index contributed by atoms with van der Waals surface area (Å²) < 4.78 is 0. The van der Waals surface area contributed by atoms with Crippen molar-refractivity contribution in [1.29, 1.82) is 0 Å². The highest BCUT2D eigenvalue weighted by Gasteiger charge is 2.35. The SMILES string of the molecule is CCC1(CN2CCCC(C)C2C)CCCNC1. The van der Waals surface area contributed by atoms with Gasteiger partial charge in [0.15, 0.2) is 0 Å². The topological polar surface area (TPSA) is 15.3 Å². The van der Waals surface area contributed by atoms with E-state index >= 15 is 0 Å². The molecule has 2 rings (SSSR count). The summed E-state index contributed by atoms with van der Waals surface area (Å²) in [6.45, 7) is 12.4. The zero-order chi connectivity index (χ0) is 12.3. The van der Waals surface area contributed by atoms with E-state index in [0.717, 1.165) is 12.0 Å². The van der Waals surface area contributed by atoms with Gasteiger partial charge in [-0.2, -0.15) is 0 Å². The van der Waals surface area contributed by atoms with E-state index in [0.29, 0.717) is 5.41 Å². The fourth-order valence-corrected chi connectivity index (χ4v) is 3.65. The molecule has 0 amide bonds. The summed E-state index contributed by atoms with van der Waals surface area (Å²) in [6.07, 6.45) is 6.95. The molecule has 0 aromatic rings. The molecule has 0 aliphatic carbocycles. The lowest BCUT2D eigenvalue weighted by Crippen LogP contribution is -2.52. The second-order valence-electron chi connectivity index (χ2n) is 6.46. The zero-order valence-electron chi connectivity index (χ0n) is 12.0. The fraction of sp³-hybridized carbons (Fsp3) is 1.00. The summed E-state index contributed by atoms with van der Waals surface area (Å²) in [6, 6.07) is 0.786. The summed E-state index contributed by atoms with van der Waals surface area (Å²) in [5.41, 5.74) is 0.559. The van der Waals surface area contributed by atoms with Crippen molar-refractivity contribution in [2.45, 2.75) is 58.9 Å². The van der Waals surface area contributed by atoms with Crippen molar-refractivity contribution in [3.63, 3.8) is 0 Å². The molecule has 1 N–H and O–H groups in total. The minimum Gasteiger partial charge on any atom is -0.316 e. The third-order valence-corrected chi connectivity index (χ3v) is 5.35. The van der Waals surface area contributed by atoms with Crippen LogP contribution >= 0.6 is 0 Å². The first-order chi connectivity index (χ1) is 8.17. The lowest BCUT2D eigenvalue weighted by molar-refractivity contribution is 0.0442. The summed E-state index contributed by atoms with van der Waals surface area (Å²) in [7, 11) is 0. The normalized spacial score (nSPS) is 40.4. The lowest BCUT2D eigenvalue weighted by Gasteiger charge is -2.46. The summed E-state index contributed by atoms with van der Waals surface area (Å²) in [5.74, 6) is 0.884. The summed E-state index contributed by atoms with van der Waals surface area (Å²) in [5, 5.41) is 3.62. The average Bonchev–Trinajstić information content (AvgIpc) is 2.36. The van der Waals surface area contributed by atoms with Crippen molar-refractivity contribution in [1.82, 2.24) is 10.2 Å². The maximum atomic E-state index is 3.62. The Morgan fingerprint density at radius 2 is 2.12 bits per heavy atom. The molecule has 2 heterocycles. The van der Waals surface area contributed by atoms with Gasteiger partial charge >= 0.3 is 0 Å². The molecule has 2 fully saturated rings. The largest absolute Gasteiger partial charge is 0.316 e. The molecule has 3 atom stereocenters. The molecular formula is C15H30N2. The van der Waals surface area contributed by atoms with E-state index in [4.69, 9.17) is 0 Å². The Kier molecular flexibility index (Phi) is 4.48. The van der Waals surface area contributed by atoms with E-state index in [9.17, 15) is 0 Å². The second-order valence-corrected chi connectivity index (χ2v) is 6.46. The van der Waals surface area contributed by atoms with E-state index in [-0.39, 0.29) is 0 Å². The molecule has 2 nitrogen and oxygen atoms in total. The van der Waals surface area contributed by atoms with Crippen LogP contribution in [0.4, 0.5) is 0 Å².